The Labute approximate surface area is 131 Å². The van der Waals surface area contributed by atoms with Gasteiger partial charge in [-0.1, -0.05) is 29.3 Å². The topological polar surface area (TPSA) is 29.1 Å². The molecule has 1 N–H and O–H groups in total. The monoisotopic (exact) mass is 341 g/mol. The fourth-order valence-electron chi connectivity index (χ4n) is 5.77. The quantitative estimate of drug-likeness (QED) is 0.567. The lowest BCUT2D eigenvalue weighted by Gasteiger charge is -2.60. The smallest absolute Gasteiger partial charge is 0.226 e. The van der Waals surface area contributed by atoms with E-state index in [1.54, 1.807) is 0 Å². The highest BCUT2D eigenvalue weighted by molar-refractivity contribution is 9.09. The fraction of sp³-hybridized carbons (Fsp3) is 0.941. The summed E-state index contributed by atoms with van der Waals surface area (Å²) in [6, 6.07) is 0. The van der Waals surface area contributed by atoms with Gasteiger partial charge in [0.05, 0.1) is 5.41 Å². The predicted octanol–water partition coefficient (Wildman–Crippen LogP) is 4.27. The molecule has 0 aromatic rings. The van der Waals surface area contributed by atoms with Crippen LogP contribution in [0.3, 0.4) is 0 Å². The Kier molecular flexibility index (Phi) is 4.18. The first-order chi connectivity index (χ1) is 9.55. The van der Waals surface area contributed by atoms with E-state index in [1.807, 2.05) is 0 Å². The van der Waals surface area contributed by atoms with Crippen molar-refractivity contribution in [3.8, 4) is 0 Å². The molecule has 2 unspecified atom stereocenters. The van der Waals surface area contributed by atoms with Crippen LogP contribution in [0.1, 0.15) is 64.7 Å². The minimum absolute atomic E-state index is 0.00819. The number of hydrogen-bond donors (Lipinski definition) is 1. The second-order valence-electron chi connectivity index (χ2n) is 8.06. The van der Waals surface area contributed by atoms with E-state index in [2.05, 4.69) is 28.2 Å². The molecule has 4 aliphatic rings. The molecule has 4 aliphatic carbocycles. The Morgan fingerprint density at radius 1 is 1.15 bits per heavy atom. The molecule has 0 aromatic carbocycles. The van der Waals surface area contributed by atoms with Crippen molar-refractivity contribution in [1.29, 1.82) is 0 Å². The second-order valence-corrected chi connectivity index (χ2v) is 8.85. The van der Waals surface area contributed by atoms with Gasteiger partial charge in [0.15, 0.2) is 0 Å². The zero-order chi connectivity index (χ0) is 14.2. The zero-order valence-electron chi connectivity index (χ0n) is 12.7. The van der Waals surface area contributed by atoms with Gasteiger partial charge in [-0.25, -0.2) is 0 Å². The number of alkyl halides is 1. The molecule has 0 spiro atoms. The lowest BCUT2D eigenvalue weighted by molar-refractivity contribution is -0.155. The number of nitrogens with one attached hydrogen (secondary N) is 1. The molecule has 4 fully saturated rings. The van der Waals surface area contributed by atoms with Crippen LogP contribution in [0.25, 0.3) is 0 Å². The molecule has 0 radical (unpaired) electrons. The van der Waals surface area contributed by atoms with Crippen molar-refractivity contribution in [2.75, 3.05) is 11.9 Å². The van der Waals surface area contributed by atoms with Crippen LogP contribution in [0.5, 0.6) is 0 Å². The van der Waals surface area contributed by atoms with Gasteiger partial charge in [0, 0.05) is 11.9 Å². The third kappa shape index (κ3) is 2.80. The normalized spacial score (nSPS) is 41.9. The molecular weight excluding hydrogens is 314 g/mol. The molecule has 2 atom stereocenters. The van der Waals surface area contributed by atoms with Crippen molar-refractivity contribution in [2.24, 2.45) is 22.7 Å². The molecule has 3 heteroatoms. The van der Waals surface area contributed by atoms with Crippen LogP contribution in [0, 0.1) is 22.7 Å². The number of carbonyl (C=O) groups is 1. The Morgan fingerprint density at radius 3 is 2.45 bits per heavy atom. The van der Waals surface area contributed by atoms with E-state index in [9.17, 15) is 4.79 Å². The molecule has 0 aliphatic heterocycles. The third-order valence-electron chi connectivity index (χ3n) is 5.93. The van der Waals surface area contributed by atoms with E-state index in [1.165, 1.54) is 44.9 Å². The van der Waals surface area contributed by atoms with Gasteiger partial charge in [-0.2, -0.15) is 0 Å². The van der Waals surface area contributed by atoms with E-state index >= 15 is 0 Å². The third-order valence-corrected chi connectivity index (χ3v) is 6.49. The highest BCUT2D eigenvalue weighted by Crippen LogP contribution is 2.65. The summed E-state index contributed by atoms with van der Waals surface area (Å²) in [4.78, 5) is 12.8. The second kappa shape index (κ2) is 5.62. The van der Waals surface area contributed by atoms with Crippen molar-refractivity contribution in [3.05, 3.63) is 0 Å². The maximum Gasteiger partial charge on any atom is 0.226 e. The minimum atomic E-state index is 0.00819. The molecule has 0 aromatic heterocycles. The van der Waals surface area contributed by atoms with Gasteiger partial charge in [0.25, 0.3) is 0 Å². The van der Waals surface area contributed by atoms with Gasteiger partial charge in [-0.3, -0.25) is 4.79 Å². The van der Waals surface area contributed by atoms with E-state index in [-0.39, 0.29) is 5.41 Å². The molecule has 0 saturated heterocycles. The fourth-order valence-corrected chi connectivity index (χ4v) is 6.17. The minimum Gasteiger partial charge on any atom is -0.356 e. The maximum absolute atomic E-state index is 12.8. The Bertz CT molecular complexity index is 367. The summed E-state index contributed by atoms with van der Waals surface area (Å²) in [7, 11) is 0. The number of rotatable bonds is 6. The molecule has 4 rings (SSSR count). The standard InChI is InChI=1S/C17H28BrNO/c1-16-8-13-7-14(9-16)11-17(10-13,12-16)15(20)19-6-4-2-3-5-18/h13-14H,2-12H2,1H3,(H,19,20). The highest BCUT2D eigenvalue weighted by Gasteiger charge is 2.58. The van der Waals surface area contributed by atoms with Gasteiger partial charge in [-0.05, 0) is 68.6 Å². The first kappa shape index (κ1) is 14.9. The van der Waals surface area contributed by atoms with Crippen LogP contribution in [-0.2, 0) is 4.79 Å². The molecule has 0 heterocycles. The number of amides is 1. The summed E-state index contributed by atoms with van der Waals surface area (Å²) in [6.45, 7) is 3.31. The van der Waals surface area contributed by atoms with Crippen molar-refractivity contribution < 1.29 is 4.79 Å². The SMILES string of the molecule is CC12CC3CC(C1)CC(C(=O)NCCCCCBr)(C3)C2. The summed E-state index contributed by atoms with van der Waals surface area (Å²) in [6.07, 6.45) is 11.2. The van der Waals surface area contributed by atoms with Crippen LogP contribution in [0.4, 0.5) is 0 Å². The van der Waals surface area contributed by atoms with E-state index in [4.69, 9.17) is 0 Å². The molecular formula is C17H28BrNO. The lowest BCUT2D eigenvalue weighted by atomic mass is 9.44. The summed E-state index contributed by atoms with van der Waals surface area (Å²) < 4.78 is 0. The van der Waals surface area contributed by atoms with E-state index in [0.717, 1.165) is 36.6 Å². The average molecular weight is 342 g/mol. The van der Waals surface area contributed by atoms with Crippen molar-refractivity contribution in [2.45, 2.75) is 64.7 Å². The summed E-state index contributed by atoms with van der Waals surface area (Å²) in [5, 5.41) is 4.34. The lowest BCUT2D eigenvalue weighted by Crippen LogP contribution is -2.56. The van der Waals surface area contributed by atoms with Gasteiger partial charge in [0.1, 0.15) is 0 Å². The van der Waals surface area contributed by atoms with Crippen LogP contribution in [-0.4, -0.2) is 17.8 Å². The maximum atomic E-state index is 12.8. The Balaban J connectivity index is 1.57. The zero-order valence-corrected chi connectivity index (χ0v) is 14.3. The van der Waals surface area contributed by atoms with Gasteiger partial charge in [0.2, 0.25) is 5.91 Å². The molecule has 1 amide bonds. The van der Waals surface area contributed by atoms with Crippen LogP contribution in [0.15, 0.2) is 0 Å². The molecule has 114 valence electrons. The van der Waals surface area contributed by atoms with Crippen LogP contribution >= 0.6 is 15.9 Å². The number of halogens is 1. The van der Waals surface area contributed by atoms with Crippen molar-refractivity contribution in [1.82, 2.24) is 5.32 Å². The summed E-state index contributed by atoms with van der Waals surface area (Å²) in [5.41, 5.74) is 0.478. The Morgan fingerprint density at radius 2 is 1.85 bits per heavy atom. The van der Waals surface area contributed by atoms with Crippen molar-refractivity contribution >= 4 is 21.8 Å². The van der Waals surface area contributed by atoms with Crippen LogP contribution < -0.4 is 5.32 Å². The molecule has 20 heavy (non-hydrogen) atoms. The number of unbranched alkanes of at least 4 members (excludes halogenated alkanes) is 2. The van der Waals surface area contributed by atoms with Gasteiger partial charge >= 0.3 is 0 Å². The number of carbonyl (C=O) groups excluding carboxylic acids is 1. The highest BCUT2D eigenvalue weighted by atomic mass is 79.9. The molecule has 4 saturated carbocycles. The first-order valence-corrected chi connectivity index (χ1v) is 9.52. The largest absolute Gasteiger partial charge is 0.356 e. The summed E-state index contributed by atoms with van der Waals surface area (Å²) in [5.74, 6) is 2.05. The molecule has 2 nitrogen and oxygen atoms in total. The Hall–Kier alpha value is -0.0500. The van der Waals surface area contributed by atoms with E-state index < -0.39 is 0 Å². The van der Waals surface area contributed by atoms with E-state index in [0.29, 0.717) is 11.3 Å². The molecule has 4 bridgehead atoms. The van der Waals surface area contributed by atoms with Crippen LogP contribution in [0.2, 0.25) is 0 Å². The summed E-state index contributed by atoms with van der Waals surface area (Å²) >= 11 is 3.46. The number of hydrogen-bond acceptors (Lipinski definition) is 1. The van der Waals surface area contributed by atoms with Gasteiger partial charge in [-0.15, -0.1) is 0 Å². The van der Waals surface area contributed by atoms with Crippen molar-refractivity contribution in [3.63, 3.8) is 0 Å². The van der Waals surface area contributed by atoms with Gasteiger partial charge < -0.3 is 5.32 Å². The predicted molar refractivity (Wildman–Crippen MR) is 85.9 cm³/mol. The first-order valence-electron chi connectivity index (χ1n) is 8.40. The average Bonchev–Trinajstić information content (AvgIpc) is 2.35.